The molecule has 0 aliphatic carbocycles. The summed E-state index contributed by atoms with van der Waals surface area (Å²) in [6, 6.07) is 3.31. The van der Waals surface area contributed by atoms with Gasteiger partial charge < -0.3 is 15.1 Å². The van der Waals surface area contributed by atoms with E-state index in [1.54, 1.807) is 34.5 Å². The van der Waals surface area contributed by atoms with Gasteiger partial charge in [-0.1, -0.05) is 0 Å². The van der Waals surface area contributed by atoms with Gasteiger partial charge in [0.15, 0.2) is 5.82 Å². The molecular formula is C14H17N7O2. The zero-order valence-electron chi connectivity index (χ0n) is 12.7. The van der Waals surface area contributed by atoms with Gasteiger partial charge in [0.1, 0.15) is 12.7 Å². The number of hydrogen-bond donors (Lipinski definition) is 1. The van der Waals surface area contributed by atoms with Crippen LogP contribution in [0.1, 0.15) is 6.92 Å². The quantitative estimate of drug-likeness (QED) is 0.863. The molecule has 0 unspecified atom stereocenters. The Labute approximate surface area is 132 Å². The Morgan fingerprint density at radius 2 is 1.87 bits per heavy atom. The van der Waals surface area contributed by atoms with Crippen LogP contribution in [0.4, 0.5) is 10.5 Å². The van der Waals surface area contributed by atoms with Crippen molar-refractivity contribution in [2.45, 2.75) is 6.92 Å². The summed E-state index contributed by atoms with van der Waals surface area (Å²) in [6.45, 7) is 3.71. The molecule has 0 atom stereocenters. The number of amides is 3. The first-order valence-corrected chi connectivity index (χ1v) is 7.26. The molecule has 3 rings (SSSR count). The fourth-order valence-electron chi connectivity index (χ4n) is 2.35. The van der Waals surface area contributed by atoms with E-state index >= 15 is 0 Å². The first-order valence-electron chi connectivity index (χ1n) is 7.26. The standard InChI is InChI=1S/C14H17N7O2/c1-11(22)19-4-6-20(7-5-19)14(23)18-12-2-3-13(16-8-12)21-10-15-9-17-21/h2-3,8-10H,4-7H2,1H3,(H,18,23). The minimum Gasteiger partial charge on any atom is -0.339 e. The molecule has 2 aromatic rings. The maximum atomic E-state index is 12.2. The van der Waals surface area contributed by atoms with E-state index in [1.165, 1.54) is 17.9 Å². The lowest BCUT2D eigenvalue weighted by Crippen LogP contribution is -2.51. The maximum absolute atomic E-state index is 12.2. The molecule has 0 saturated carbocycles. The Bertz CT molecular complexity index is 676. The molecule has 1 N–H and O–H groups in total. The van der Waals surface area contributed by atoms with Crippen molar-refractivity contribution in [2.24, 2.45) is 0 Å². The van der Waals surface area contributed by atoms with Gasteiger partial charge in [-0.25, -0.2) is 19.4 Å². The third-order valence-electron chi connectivity index (χ3n) is 3.66. The van der Waals surface area contributed by atoms with E-state index < -0.39 is 0 Å². The van der Waals surface area contributed by atoms with Gasteiger partial charge in [0.2, 0.25) is 5.91 Å². The van der Waals surface area contributed by atoms with Gasteiger partial charge in [-0.2, -0.15) is 5.10 Å². The van der Waals surface area contributed by atoms with Crippen molar-refractivity contribution >= 4 is 17.6 Å². The minimum absolute atomic E-state index is 0.0398. The Morgan fingerprint density at radius 3 is 2.43 bits per heavy atom. The number of nitrogens with one attached hydrogen (secondary N) is 1. The van der Waals surface area contributed by atoms with Crippen molar-refractivity contribution in [3.63, 3.8) is 0 Å². The first kappa shape index (κ1) is 14.9. The van der Waals surface area contributed by atoms with Crippen LogP contribution in [0.25, 0.3) is 5.82 Å². The molecule has 3 amide bonds. The number of piperazine rings is 1. The van der Waals surface area contributed by atoms with E-state index in [2.05, 4.69) is 20.4 Å². The average Bonchev–Trinajstić information content (AvgIpc) is 3.10. The van der Waals surface area contributed by atoms with Crippen LogP contribution in [-0.4, -0.2) is 67.7 Å². The second kappa shape index (κ2) is 6.42. The predicted octanol–water partition coefficient (Wildman–Crippen LogP) is 0.358. The highest BCUT2D eigenvalue weighted by molar-refractivity contribution is 5.89. The minimum atomic E-state index is -0.191. The Balaban J connectivity index is 1.57. The van der Waals surface area contributed by atoms with Gasteiger partial charge in [0.05, 0.1) is 11.9 Å². The molecule has 0 aromatic carbocycles. The largest absolute Gasteiger partial charge is 0.339 e. The van der Waals surface area contributed by atoms with Gasteiger partial charge in [-0.15, -0.1) is 0 Å². The van der Waals surface area contributed by atoms with E-state index in [9.17, 15) is 9.59 Å². The number of pyridine rings is 1. The molecule has 0 spiro atoms. The van der Waals surface area contributed by atoms with Crippen LogP contribution < -0.4 is 5.32 Å². The maximum Gasteiger partial charge on any atom is 0.322 e. The molecule has 1 aliphatic heterocycles. The number of anilines is 1. The van der Waals surface area contributed by atoms with Crippen LogP contribution in [-0.2, 0) is 4.79 Å². The zero-order valence-corrected chi connectivity index (χ0v) is 12.7. The lowest BCUT2D eigenvalue weighted by molar-refractivity contribution is -0.130. The average molecular weight is 315 g/mol. The molecule has 9 nitrogen and oxygen atoms in total. The van der Waals surface area contributed by atoms with E-state index in [4.69, 9.17) is 0 Å². The first-order chi connectivity index (χ1) is 11.1. The summed E-state index contributed by atoms with van der Waals surface area (Å²) >= 11 is 0. The van der Waals surface area contributed by atoms with Crippen molar-refractivity contribution in [1.82, 2.24) is 29.5 Å². The third-order valence-corrected chi connectivity index (χ3v) is 3.66. The SMILES string of the molecule is CC(=O)N1CCN(C(=O)Nc2ccc(-n3cncn3)nc2)CC1. The summed E-state index contributed by atoms with van der Waals surface area (Å²) in [6.07, 6.45) is 4.55. The summed E-state index contributed by atoms with van der Waals surface area (Å²) in [7, 11) is 0. The highest BCUT2D eigenvalue weighted by Crippen LogP contribution is 2.11. The third kappa shape index (κ3) is 3.44. The molecule has 0 radical (unpaired) electrons. The lowest BCUT2D eigenvalue weighted by atomic mass is 10.3. The monoisotopic (exact) mass is 315 g/mol. The molecule has 23 heavy (non-hydrogen) atoms. The van der Waals surface area contributed by atoms with Crippen LogP contribution in [0.15, 0.2) is 31.0 Å². The second-order valence-electron chi connectivity index (χ2n) is 5.17. The van der Waals surface area contributed by atoms with Crippen LogP contribution in [0.2, 0.25) is 0 Å². The molecule has 3 heterocycles. The van der Waals surface area contributed by atoms with Crippen molar-refractivity contribution in [3.05, 3.63) is 31.0 Å². The van der Waals surface area contributed by atoms with Crippen molar-refractivity contribution in [3.8, 4) is 5.82 Å². The number of carbonyl (C=O) groups is 2. The smallest absolute Gasteiger partial charge is 0.322 e. The molecule has 9 heteroatoms. The topological polar surface area (TPSA) is 96.2 Å². The highest BCUT2D eigenvalue weighted by atomic mass is 16.2. The number of urea groups is 1. The second-order valence-corrected chi connectivity index (χ2v) is 5.17. The van der Waals surface area contributed by atoms with Gasteiger partial charge in [-0.05, 0) is 12.1 Å². The van der Waals surface area contributed by atoms with E-state index in [0.29, 0.717) is 37.7 Å². The van der Waals surface area contributed by atoms with Gasteiger partial charge in [-0.3, -0.25) is 4.79 Å². The van der Waals surface area contributed by atoms with Crippen LogP contribution >= 0.6 is 0 Å². The zero-order chi connectivity index (χ0) is 16.2. The Kier molecular flexibility index (Phi) is 4.18. The van der Waals surface area contributed by atoms with Gasteiger partial charge in [0.25, 0.3) is 0 Å². The lowest BCUT2D eigenvalue weighted by Gasteiger charge is -2.34. The summed E-state index contributed by atoms with van der Waals surface area (Å²) in [4.78, 5) is 35.0. The summed E-state index contributed by atoms with van der Waals surface area (Å²) < 4.78 is 1.53. The summed E-state index contributed by atoms with van der Waals surface area (Å²) in [5, 5.41) is 6.79. The molecule has 0 bridgehead atoms. The van der Waals surface area contributed by atoms with Crippen molar-refractivity contribution < 1.29 is 9.59 Å². The molecule has 1 aliphatic rings. The number of hydrogen-bond acceptors (Lipinski definition) is 5. The van der Waals surface area contributed by atoms with E-state index in [1.807, 2.05) is 0 Å². The van der Waals surface area contributed by atoms with Gasteiger partial charge in [0, 0.05) is 33.1 Å². The highest BCUT2D eigenvalue weighted by Gasteiger charge is 2.22. The van der Waals surface area contributed by atoms with Crippen LogP contribution in [0.3, 0.4) is 0 Å². The molecular weight excluding hydrogens is 298 g/mol. The normalized spacial score (nSPS) is 14.7. The number of aromatic nitrogens is 4. The summed E-state index contributed by atoms with van der Waals surface area (Å²) in [5.41, 5.74) is 0.605. The van der Waals surface area contributed by atoms with E-state index in [0.717, 1.165) is 0 Å². The fourth-order valence-corrected chi connectivity index (χ4v) is 2.35. The Morgan fingerprint density at radius 1 is 1.13 bits per heavy atom. The molecule has 2 aromatic heterocycles. The predicted molar refractivity (Wildman–Crippen MR) is 82.0 cm³/mol. The van der Waals surface area contributed by atoms with Crippen molar-refractivity contribution in [1.29, 1.82) is 0 Å². The number of rotatable bonds is 2. The molecule has 1 fully saturated rings. The molecule has 1 saturated heterocycles. The summed E-state index contributed by atoms with van der Waals surface area (Å²) in [5.74, 6) is 0.661. The van der Waals surface area contributed by atoms with Crippen molar-refractivity contribution in [2.75, 3.05) is 31.5 Å². The van der Waals surface area contributed by atoms with Crippen LogP contribution in [0.5, 0.6) is 0 Å². The molecule has 120 valence electrons. The van der Waals surface area contributed by atoms with E-state index in [-0.39, 0.29) is 11.9 Å². The van der Waals surface area contributed by atoms with Gasteiger partial charge >= 0.3 is 6.03 Å². The number of nitrogens with zero attached hydrogens (tertiary/aromatic N) is 6. The fraction of sp³-hybridized carbons (Fsp3) is 0.357. The van der Waals surface area contributed by atoms with Crippen LogP contribution in [0, 0.1) is 0 Å². The Hall–Kier alpha value is -2.97. The number of carbonyl (C=O) groups excluding carboxylic acids is 2.